The first-order valence-corrected chi connectivity index (χ1v) is 7.65. The van der Waals surface area contributed by atoms with Crippen LogP contribution in [0.2, 0.25) is 0 Å². The van der Waals surface area contributed by atoms with E-state index < -0.39 is 23.5 Å². The van der Waals surface area contributed by atoms with E-state index in [-0.39, 0.29) is 17.5 Å². The third-order valence-corrected chi connectivity index (χ3v) is 4.02. The van der Waals surface area contributed by atoms with Gasteiger partial charge in [-0.3, -0.25) is 0 Å². The predicted octanol–water partition coefficient (Wildman–Crippen LogP) is 4.49. The summed E-state index contributed by atoms with van der Waals surface area (Å²) in [5.74, 6) is -1.53. The number of hydrogen-bond donors (Lipinski definition) is 2. The summed E-state index contributed by atoms with van der Waals surface area (Å²) in [6.07, 6.45) is -3.12. The first-order valence-electron chi connectivity index (χ1n) is 7.65. The molecule has 4 nitrogen and oxygen atoms in total. The summed E-state index contributed by atoms with van der Waals surface area (Å²) < 4.78 is 41.3. The number of aromatic carboxylic acids is 1. The molecule has 0 unspecified atom stereocenters. The van der Waals surface area contributed by atoms with Gasteiger partial charge >= 0.3 is 12.1 Å². The van der Waals surface area contributed by atoms with Crippen molar-refractivity contribution in [2.24, 2.45) is 0 Å². The Balaban J connectivity index is 2.04. The summed E-state index contributed by atoms with van der Waals surface area (Å²) in [5.41, 5.74) is -0.0621. The molecular weight excluding hydrogens is 347 g/mol. The fourth-order valence-corrected chi connectivity index (χ4v) is 2.81. The van der Waals surface area contributed by atoms with Gasteiger partial charge in [0.1, 0.15) is 5.75 Å². The number of carboxylic acid groups (broad SMARTS) is 1. The van der Waals surface area contributed by atoms with E-state index in [1.54, 1.807) is 35.0 Å². The monoisotopic (exact) mass is 361 g/mol. The molecule has 0 amide bonds. The van der Waals surface area contributed by atoms with Crippen LogP contribution in [-0.4, -0.2) is 20.7 Å². The Kier molecular flexibility index (Phi) is 4.46. The van der Waals surface area contributed by atoms with Crippen LogP contribution < -0.4 is 0 Å². The number of carboxylic acids is 1. The standard InChI is InChI=1S/C19H14F3NO3/c20-19(21,22)16-7-2-8-17(24)15(16)11-14-6-3-9-23(14)13-5-1-4-12(10-13)18(25)26/h1-10,24H,11H2,(H,25,26). The molecule has 0 bridgehead atoms. The van der Waals surface area contributed by atoms with Gasteiger partial charge in [-0.2, -0.15) is 13.2 Å². The molecule has 1 aromatic heterocycles. The number of aromatic hydroxyl groups is 1. The average Bonchev–Trinajstić information content (AvgIpc) is 3.04. The summed E-state index contributed by atoms with van der Waals surface area (Å²) in [4.78, 5) is 11.1. The van der Waals surface area contributed by atoms with E-state index >= 15 is 0 Å². The van der Waals surface area contributed by atoms with Crippen molar-refractivity contribution in [3.05, 3.63) is 83.2 Å². The number of alkyl halides is 3. The summed E-state index contributed by atoms with van der Waals surface area (Å²) in [6.45, 7) is 0. The molecule has 26 heavy (non-hydrogen) atoms. The van der Waals surface area contributed by atoms with Crippen molar-refractivity contribution in [2.45, 2.75) is 12.6 Å². The number of nitrogens with zero attached hydrogens (tertiary/aromatic N) is 1. The van der Waals surface area contributed by atoms with Gasteiger partial charge in [0.25, 0.3) is 0 Å². The molecule has 0 aliphatic heterocycles. The molecule has 1 heterocycles. The summed E-state index contributed by atoms with van der Waals surface area (Å²) >= 11 is 0. The Hall–Kier alpha value is -3.22. The van der Waals surface area contributed by atoms with Crippen LogP contribution in [0.1, 0.15) is 27.2 Å². The zero-order valence-electron chi connectivity index (χ0n) is 13.4. The van der Waals surface area contributed by atoms with Crippen LogP contribution >= 0.6 is 0 Å². The molecule has 134 valence electrons. The van der Waals surface area contributed by atoms with E-state index in [1.807, 2.05) is 0 Å². The first-order chi connectivity index (χ1) is 12.3. The molecule has 0 saturated carbocycles. The van der Waals surface area contributed by atoms with Gasteiger partial charge < -0.3 is 14.8 Å². The van der Waals surface area contributed by atoms with Crippen molar-refractivity contribution in [3.63, 3.8) is 0 Å². The molecule has 0 aliphatic rings. The zero-order chi connectivity index (χ0) is 18.9. The SMILES string of the molecule is O=C(O)c1cccc(-n2cccc2Cc2c(O)cccc2C(F)(F)F)c1. The number of phenols is 1. The van der Waals surface area contributed by atoms with E-state index in [9.17, 15) is 23.1 Å². The predicted molar refractivity (Wildman–Crippen MR) is 88.6 cm³/mol. The van der Waals surface area contributed by atoms with E-state index in [0.29, 0.717) is 11.4 Å². The van der Waals surface area contributed by atoms with Gasteiger partial charge in [0.05, 0.1) is 11.1 Å². The van der Waals surface area contributed by atoms with E-state index in [1.165, 1.54) is 18.2 Å². The molecule has 2 N–H and O–H groups in total. The Morgan fingerprint density at radius 3 is 2.46 bits per heavy atom. The van der Waals surface area contributed by atoms with Crippen molar-refractivity contribution in [3.8, 4) is 11.4 Å². The lowest BCUT2D eigenvalue weighted by Gasteiger charge is -2.16. The molecule has 0 spiro atoms. The van der Waals surface area contributed by atoms with Crippen molar-refractivity contribution in [1.82, 2.24) is 4.57 Å². The normalized spacial score (nSPS) is 11.5. The topological polar surface area (TPSA) is 62.5 Å². The van der Waals surface area contributed by atoms with E-state index in [2.05, 4.69) is 0 Å². The third-order valence-electron chi connectivity index (χ3n) is 4.02. The van der Waals surface area contributed by atoms with Gasteiger partial charge in [0, 0.05) is 29.6 Å². The lowest BCUT2D eigenvalue weighted by Crippen LogP contribution is -2.11. The van der Waals surface area contributed by atoms with Gasteiger partial charge in [-0.15, -0.1) is 0 Å². The van der Waals surface area contributed by atoms with Gasteiger partial charge in [0.15, 0.2) is 0 Å². The van der Waals surface area contributed by atoms with Gasteiger partial charge in [0.2, 0.25) is 0 Å². The summed E-state index contributed by atoms with van der Waals surface area (Å²) in [6, 6.07) is 12.6. The molecule has 0 saturated heterocycles. The van der Waals surface area contributed by atoms with Crippen LogP contribution in [0.3, 0.4) is 0 Å². The van der Waals surface area contributed by atoms with Crippen LogP contribution in [0.15, 0.2) is 60.8 Å². The van der Waals surface area contributed by atoms with Gasteiger partial charge in [-0.25, -0.2) is 4.79 Å². The van der Waals surface area contributed by atoms with Crippen LogP contribution in [0.25, 0.3) is 5.69 Å². The quantitative estimate of drug-likeness (QED) is 0.720. The lowest BCUT2D eigenvalue weighted by molar-refractivity contribution is -0.138. The molecule has 3 aromatic rings. The maximum Gasteiger partial charge on any atom is 0.416 e. The smallest absolute Gasteiger partial charge is 0.416 e. The number of rotatable bonds is 4. The highest BCUT2D eigenvalue weighted by atomic mass is 19.4. The van der Waals surface area contributed by atoms with Crippen molar-refractivity contribution >= 4 is 5.97 Å². The molecule has 2 aromatic carbocycles. The lowest BCUT2D eigenvalue weighted by atomic mass is 10.0. The van der Waals surface area contributed by atoms with Crippen LogP contribution in [0.5, 0.6) is 5.75 Å². The Bertz CT molecular complexity index is 961. The molecule has 7 heteroatoms. The van der Waals surface area contributed by atoms with Gasteiger partial charge in [-0.05, 0) is 42.5 Å². The Morgan fingerprint density at radius 1 is 1.04 bits per heavy atom. The minimum atomic E-state index is -4.59. The molecule has 0 atom stereocenters. The van der Waals surface area contributed by atoms with Gasteiger partial charge in [-0.1, -0.05) is 12.1 Å². The maximum atomic E-state index is 13.2. The number of aromatic nitrogens is 1. The molecule has 3 rings (SSSR count). The number of carbonyl (C=O) groups is 1. The van der Waals surface area contributed by atoms with Crippen LogP contribution in [0, 0.1) is 0 Å². The van der Waals surface area contributed by atoms with Crippen LogP contribution in [-0.2, 0) is 12.6 Å². The first kappa shape index (κ1) is 17.6. The summed E-state index contributed by atoms with van der Waals surface area (Å²) in [5, 5.41) is 19.1. The molecule has 0 radical (unpaired) electrons. The second kappa shape index (κ2) is 6.59. The highest BCUT2D eigenvalue weighted by Gasteiger charge is 2.34. The van der Waals surface area contributed by atoms with Crippen molar-refractivity contribution in [2.75, 3.05) is 0 Å². The minimum Gasteiger partial charge on any atom is -0.508 e. The second-order valence-electron chi connectivity index (χ2n) is 5.70. The fraction of sp³-hybridized carbons (Fsp3) is 0.105. The largest absolute Gasteiger partial charge is 0.508 e. The number of phenolic OH excluding ortho intramolecular Hbond substituents is 1. The van der Waals surface area contributed by atoms with Crippen molar-refractivity contribution < 1.29 is 28.2 Å². The second-order valence-corrected chi connectivity index (χ2v) is 5.70. The molecule has 0 aliphatic carbocycles. The Labute approximate surface area is 146 Å². The highest BCUT2D eigenvalue weighted by molar-refractivity contribution is 5.88. The zero-order valence-corrected chi connectivity index (χ0v) is 13.4. The van der Waals surface area contributed by atoms with Crippen LogP contribution in [0.4, 0.5) is 13.2 Å². The number of halogens is 3. The molecule has 0 fully saturated rings. The number of hydrogen-bond acceptors (Lipinski definition) is 2. The summed E-state index contributed by atoms with van der Waals surface area (Å²) in [7, 11) is 0. The molecular formula is C19H14F3NO3. The maximum absolute atomic E-state index is 13.2. The Morgan fingerprint density at radius 2 is 1.77 bits per heavy atom. The van der Waals surface area contributed by atoms with E-state index in [0.717, 1.165) is 12.1 Å². The highest BCUT2D eigenvalue weighted by Crippen LogP contribution is 2.37. The van der Waals surface area contributed by atoms with E-state index in [4.69, 9.17) is 5.11 Å². The minimum absolute atomic E-state index is 0.0701. The average molecular weight is 361 g/mol. The fourth-order valence-electron chi connectivity index (χ4n) is 2.81. The van der Waals surface area contributed by atoms with Crippen molar-refractivity contribution in [1.29, 1.82) is 0 Å². The third kappa shape index (κ3) is 3.42. The number of benzene rings is 2.